The van der Waals surface area contributed by atoms with Gasteiger partial charge in [0.05, 0.1) is 10.7 Å². The maximum Gasteiger partial charge on any atom is 0.586 e. The minimum Gasteiger partial charge on any atom is -0.395 e. The van der Waals surface area contributed by atoms with Gasteiger partial charge in [-0.1, -0.05) is 54.1 Å². The number of hydrogen-bond donors (Lipinski definition) is 1. The SMILES string of the molecule is O=C(NC(Cc1ccccc1)(c1ccc(Cl)cn1)c1cccc2c1OC(F)(F)O2)C1CC1. The maximum absolute atomic E-state index is 14.0. The Kier molecular flexibility index (Phi) is 5.01. The van der Waals surface area contributed by atoms with Gasteiger partial charge in [-0.2, -0.15) is 0 Å². The lowest BCUT2D eigenvalue weighted by Crippen LogP contribution is -2.50. The summed E-state index contributed by atoms with van der Waals surface area (Å²) in [6, 6.07) is 17.4. The summed E-state index contributed by atoms with van der Waals surface area (Å²) in [6.45, 7) is 0. The molecule has 0 saturated heterocycles. The second-order valence-corrected chi connectivity index (χ2v) is 8.43. The van der Waals surface area contributed by atoms with Crippen LogP contribution in [0, 0.1) is 5.92 Å². The van der Waals surface area contributed by atoms with Crippen LogP contribution in [0.15, 0.2) is 66.9 Å². The number of fused-ring (bicyclic) bond motifs is 1. The quantitative estimate of drug-likeness (QED) is 0.562. The molecule has 1 atom stereocenters. The highest BCUT2D eigenvalue weighted by molar-refractivity contribution is 6.30. The molecule has 1 N–H and O–H groups in total. The van der Waals surface area contributed by atoms with E-state index in [1.165, 1.54) is 12.3 Å². The van der Waals surface area contributed by atoms with Crippen molar-refractivity contribution in [2.75, 3.05) is 0 Å². The van der Waals surface area contributed by atoms with E-state index in [2.05, 4.69) is 10.3 Å². The first-order valence-corrected chi connectivity index (χ1v) is 10.6. The summed E-state index contributed by atoms with van der Waals surface area (Å²) in [6.07, 6.45) is -0.510. The van der Waals surface area contributed by atoms with E-state index in [1.807, 2.05) is 30.3 Å². The number of hydrogen-bond acceptors (Lipinski definition) is 4. The molecule has 8 heteroatoms. The topological polar surface area (TPSA) is 60.5 Å². The molecular formula is C24H19ClF2N2O3. The van der Waals surface area contributed by atoms with Gasteiger partial charge in [0, 0.05) is 24.1 Å². The van der Waals surface area contributed by atoms with Gasteiger partial charge < -0.3 is 14.8 Å². The highest BCUT2D eigenvalue weighted by Crippen LogP contribution is 2.49. The molecule has 2 aliphatic rings. The number of halogens is 3. The first-order valence-electron chi connectivity index (χ1n) is 10.2. The maximum atomic E-state index is 14.0. The van der Waals surface area contributed by atoms with Gasteiger partial charge in [-0.15, -0.1) is 8.78 Å². The summed E-state index contributed by atoms with van der Waals surface area (Å²) in [5.74, 6) is -0.505. The summed E-state index contributed by atoms with van der Waals surface area (Å²) in [4.78, 5) is 17.6. The zero-order valence-electron chi connectivity index (χ0n) is 16.9. The van der Waals surface area contributed by atoms with Gasteiger partial charge in [-0.3, -0.25) is 9.78 Å². The van der Waals surface area contributed by atoms with Crippen molar-refractivity contribution in [3.63, 3.8) is 0 Å². The van der Waals surface area contributed by atoms with Crippen LogP contribution in [0.2, 0.25) is 5.02 Å². The van der Waals surface area contributed by atoms with Crippen LogP contribution in [0.1, 0.15) is 29.7 Å². The van der Waals surface area contributed by atoms with Crippen LogP contribution in [0.4, 0.5) is 8.78 Å². The van der Waals surface area contributed by atoms with Crippen LogP contribution in [-0.4, -0.2) is 17.2 Å². The fraction of sp³-hybridized carbons (Fsp3) is 0.250. The minimum absolute atomic E-state index is 0.0976. The Morgan fingerprint density at radius 2 is 1.88 bits per heavy atom. The number of para-hydroxylation sites is 1. The molecule has 1 amide bonds. The molecule has 5 nitrogen and oxygen atoms in total. The van der Waals surface area contributed by atoms with Gasteiger partial charge in [0.1, 0.15) is 5.54 Å². The summed E-state index contributed by atoms with van der Waals surface area (Å²) in [5.41, 5.74) is 0.372. The summed E-state index contributed by atoms with van der Waals surface area (Å²) in [7, 11) is 0. The Labute approximate surface area is 188 Å². The van der Waals surface area contributed by atoms with Crippen molar-refractivity contribution < 1.29 is 23.0 Å². The molecule has 0 radical (unpaired) electrons. The molecule has 0 bridgehead atoms. The molecule has 2 heterocycles. The van der Waals surface area contributed by atoms with E-state index >= 15 is 0 Å². The molecule has 5 rings (SSSR count). The lowest BCUT2D eigenvalue weighted by molar-refractivity contribution is -0.287. The van der Waals surface area contributed by atoms with Crippen LogP contribution < -0.4 is 14.8 Å². The molecule has 1 unspecified atom stereocenters. The summed E-state index contributed by atoms with van der Waals surface area (Å²) >= 11 is 6.07. The van der Waals surface area contributed by atoms with Crippen molar-refractivity contribution in [2.24, 2.45) is 5.92 Å². The molecule has 1 fully saturated rings. The Bertz CT molecular complexity index is 1150. The third-order valence-electron chi connectivity index (χ3n) is 5.65. The van der Waals surface area contributed by atoms with E-state index < -0.39 is 11.8 Å². The fourth-order valence-electron chi connectivity index (χ4n) is 3.99. The number of aromatic nitrogens is 1. The number of carbonyl (C=O) groups is 1. The Balaban J connectivity index is 1.73. The minimum atomic E-state index is -3.80. The predicted molar refractivity (Wildman–Crippen MR) is 114 cm³/mol. The first kappa shape index (κ1) is 20.7. The van der Waals surface area contributed by atoms with E-state index in [-0.39, 0.29) is 29.7 Å². The summed E-state index contributed by atoms with van der Waals surface area (Å²) in [5, 5.41) is 3.54. The standard InChI is InChI=1S/C24H19ClF2N2O3/c25-17-11-12-20(28-14-17)23(29-22(30)16-9-10-16,13-15-5-2-1-3-6-15)18-7-4-8-19-21(18)32-24(26,27)31-19/h1-8,11-12,14,16H,9-10,13H2,(H,29,30). The second-order valence-electron chi connectivity index (χ2n) is 7.99. The average Bonchev–Trinajstić information content (AvgIpc) is 3.56. The predicted octanol–water partition coefficient (Wildman–Crippen LogP) is 5.07. The molecule has 1 saturated carbocycles. The van der Waals surface area contributed by atoms with Gasteiger partial charge in [0.25, 0.3) is 0 Å². The van der Waals surface area contributed by atoms with Crippen molar-refractivity contribution in [2.45, 2.75) is 31.1 Å². The van der Waals surface area contributed by atoms with E-state index in [4.69, 9.17) is 21.1 Å². The molecule has 32 heavy (non-hydrogen) atoms. The van der Waals surface area contributed by atoms with Crippen molar-refractivity contribution in [3.05, 3.63) is 88.7 Å². The Morgan fingerprint density at radius 3 is 2.56 bits per heavy atom. The number of benzene rings is 2. The van der Waals surface area contributed by atoms with E-state index in [1.54, 1.807) is 24.3 Å². The normalized spacial score (nSPS) is 18.1. The van der Waals surface area contributed by atoms with Crippen LogP contribution in [0.5, 0.6) is 11.5 Å². The molecule has 2 aromatic carbocycles. The molecule has 1 aliphatic carbocycles. The number of carbonyl (C=O) groups excluding carboxylic acids is 1. The largest absolute Gasteiger partial charge is 0.586 e. The molecule has 1 aromatic heterocycles. The average molecular weight is 457 g/mol. The fourth-order valence-corrected chi connectivity index (χ4v) is 4.10. The van der Waals surface area contributed by atoms with E-state index in [0.29, 0.717) is 16.3 Å². The smallest absolute Gasteiger partial charge is 0.395 e. The molecule has 164 valence electrons. The summed E-state index contributed by atoms with van der Waals surface area (Å²) < 4.78 is 37.6. The van der Waals surface area contributed by atoms with Crippen LogP contribution in [-0.2, 0) is 16.8 Å². The Morgan fingerprint density at radius 1 is 1.09 bits per heavy atom. The molecular weight excluding hydrogens is 438 g/mol. The Hall–Kier alpha value is -3.19. The van der Waals surface area contributed by atoms with E-state index in [0.717, 1.165) is 18.4 Å². The zero-order valence-corrected chi connectivity index (χ0v) is 17.6. The number of pyridine rings is 1. The van der Waals surface area contributed by atoms with Gasteiger partial charge in [-0.05, 0) is 36.6 Å². The van der Waals surface area contributed by atoms with Gasteiger partial charge in [0.2, 0.25) is 5.91 Å². The van der Waals surface area contributed by atoms with Crippen molar-refractivity contribution >= 4 is 17.5 Å². The highest BCUT2D eigenvalue weighted by atomic mass is 35.5. The van der Waals surface area contributed by atoms with Crippen LogP contribution >= 0.6 is 11.6 Å². The van der Waals surface area contributed by atoms with Gasteiger partial charge in [-0.25, -0.2) is 0 Å². The van der Waals surface area contributed by atoms with Crippen LogP contribution in [0.25, 0.3) is 0 Å². The third-order valence-corrected chi connectivity index (χ3v) is 5.87. The number of amides is 1. The number of rotatable bonds is 6. The molecule has 0 spiro atoms. The van der Waals surface area contributed by atoms with Crippen molar-refractivity contribution in [3.8, 4) is 11.5 Å². The number of ether oxygens (including phenoxy) is 2. The van der Waals surface area contributed by atoms with Gasteiger partial charge in [0.15, 0.2) is 11.5 Å². The van der Waals surface area contributed by atoms with E-state index in [9.17, 15) is 13.6 Å². The molecule has 3 aromatic rings. The number of nitrogens with one attached hydrogen (secondary N) is 1. The second kappa shape index (κ2) is 7.74. The zero-order chi connectivity index (χ0) is 22.3. The van der Waals surface area contributed by atoms with Gasteiger partial charge >= 0.3 is 6.29 Å². The lowest BCUT2D eigenvalue weighted by Gasteiger charge is -2.36. The third kappa shape index (κ3) is 3.88. The van der Waals surface area contributed by atoms with Crippen molar-refractivity contribution in [1.82, 2.24) is 10.3 Å². The van der Waals surface area contributed by atoms with Crippen LogP contribution in [0.3, 0.4) is 0 Å². The first-order chi connectivity index (χ1) is 15.4. The monoisotopic (exact) mass is 456 g/mol. The molecule has 1 aliphatic heterocycles. The highest BCUT2D eigenvalue weighted by Gasteiger charge is 2.50. The lowest BCUT2D eigenvalue weighted by atomic mass is 9.79. The number of nitrogens with zero attached hydrogens (tertiary/aromatic N) is 1. The number of alkyl halides is 2. The van der Waals surface area contributed by atoms with Crippen molar-refractivity contribution in [1.29, 1.82) is 0 Å².